The van der Waals surface area contributed by atoms with Crippen LogP contribution in [0.5, 0.6) is 5.88 Å². The van der Waals surface area contributed by atoms with Crippen LogP contribution in [-0.2, 0) is 6.54 Å². The van der Waals surface area contributed by atoms with Crippen LogP contribution in [-0.4, -0.2) is 14.7 Å². The first-order chi connectivity index (χ1) is 4.74. The lowest BCUT2D eigenvalue weighted by Crippen LogP contribution is -2.14. The van der Waals surface area contributed by atoms with Gasteiger partial charge in [-0.05, 0) is 0 Å². The Labute approximate surface area is 57.1 Å². The van der Waals surface area contributed by atoms with Crippen molar-refractivity contribution in [2.45, 2.75) is 6.54 Å². The van der Waals surface area contributed by atoms with Crippen LogP contribution in [0.25, 0.3) is 0 Å². The third-order valence-electron chi connectivity index (χ3n) is 1.04. The molecule has 0 fully saturated rings. The zero-order chi connectivity index (χ0) is 7.56. The molecule has 0 aliphatic heterocycles. The van der Waals surface area contributed by atoms with Crippen LogP contribution in [0.4, 0.5) is 0 Å². The van der Waals surface area contributed by atoms with Crippen LogP contribution in [0.3, 0.4) is 0 Å². The maximum Gasteiger partial charge on any atom is 0.329 e. The summed E-state index contributed by atoms with van der Waals surface area (Å²) in [4.78, 5) is 12.8. The fourth-order valence-corrected chi connectivity index (χ4v) is 0.636. The van der Waals surface area contributed by atoms with E-state index in [1.807, 2.05) is 0 Å². The number of hydrogen-bond donors (Lipinski definition) is 2. The van der Waals surface area contributed by atoms with E-state index in [4.69, 9.17) is 11.5 Å². The second-order valence-electron chi connectivity index (χ2n) is 1.78. The Morgan fingerprint density at radius 2 is 2.60 bits per heavy atom. The van der Waals surface area contributed by atoms with Crippen molar-refractivity contribution in [2.75, 3.05) is 0 Å². The van der Waals surface area contributed by atoms with Gasteiger partial charge in [0.15, 0.2) is 0 Å². The predicted octanol–water partition coefficient (Wildman–Crippen LogP) is -0.485. The van der Waals surface area contributed by atoms with Crippen LogP contribution in [0.1, 0.15) is 0 Å². The number of aromatic amines is 1. The lowest BCUT2D eigenvalue weighted by molar-refractivity contribution is 0.455. The smallest absolute Gasteiger partial charge is 0.329 e. The summed E-state index contributed by atoms with van der Waals surface area (Å²) in [7, 11) is 0. The average Bonchev–Trinajstić information content (AvgIpc) is 2.13. The Morgan fingerprint density at radius 3 is 3.00 bits per heavy atom. The molecule has 4 nitrogen and oxygen atoms in total. The van der Waals surface area contributed by atoms with Gasteiger partial charge in [-0.15, -0.1) is 6.42 Å². The first kappa shape index (κ1) is 6.49. The fourth-order valence-electron chi connectivity index (χ4n) is 0.636. The molecule has 1 aromatic heterocycles. The Bertz CT molecular complexity index is 315. The molecule has 10 heavy (non-hydrogen) atoms. The highest BCUT2D eigenvalue weighted by atomic mass is 16.3. The monoisotopic (exact) mass is 138 g/mol. The molecule has 4 heteroatoms. The minimum Gasteiger partial charge on any atom is -0.493 e. The van der Waals surface area contributed by atoms with E-state index < -0.39 is 5.69 Å². The SMILES string of the molecule is C#CCn1cc(O)[nH]c1=O. The van der Waals surface area contributed by atoms with Crippen LogP contribution in [0, 0.1) is 12.3 Å². The minimum atomic E-state index is -0.393. The molecule has 0 spiro atoms. The molecule has 0 bridgehead atoms. The van der Waals surface area contributed by atoms with E-state index in [2.05, 4.69) is 10.9 Å². The highest BCUT2D eigenvalue weighted by molar-refractivity contribution is 5.02. The predicted molar refractivity (Wildman–Crippen MR) is 35.6 cm³/mol. The van der Waals surface area contributed by atoms with Gasteiger partial charge >= 0.3 is 5.69 Å². The van der Waals surface area contributed by atoms with E-state index in [-0.39, 0.29) is 12.4 Å². The van der Waals surface area contributed by atoms with E-state index in [0.717, 1.165) is 0 Å². The highest BCUT2D eigenvalue weighted by Crippen LogP contribution is 1.95. The highest BCUT2D eigenvalue weighted by Gasteiger charge is 1.96. The Hall–Kier alpha value is -1.63. The number of hydrogen-bond acceptors (Lipinski definition) is 2. The number of rotatable bonds is 1. The molecule has 1 heterocycles. The molecular formula is C6H6N2O2. The molecule has 0 unspecified atom stereocenters. The summed E-state index contributed by atoms with van der Waals surface area (Å²) < 4.78 is 1.20. The van der Waals surface area contributed by atoms with Crippen LogP contribution in [0.15, 0.2) is 11.0 Å². The van der Waals surface area contributed by atoms with Crippen LogP contribution < -0.4 is 5.69 Å². The number of H-pyrrole nitrogens is 1. The number of imidazole rings is 1. The van der Waals surface area contributed by atoms with Gasteiger partial charge in [-0.3, -0.25) is 9.55 Å². The Balaban J connectivity index is 3.06. The zero-order valence-electron chi connectivity index (χ0n) is 5.16. The largest absolute Gasteiger partial charge is 0.493 e. The van der Waals surface area contributed by atoms with Gasteiger partial charge in [-0.2, -0.15) is 0 Å². The van der Waals surface area contributed by atoms with Crippen molar-refractivity contribution in [1.29, 1.82) is 0 Å². The van der Waals surface area contributed by atoms with E-state index in [1.54, 1.807) is 0 Å². The number of aromatic nitrogens is 2. The van der Waals surface area contributed by atoms with Crippen molar-refractivity contribution in [3.05, 3.63) is 16.7 Å². The number of nitrogens with one attached hydrogen (secondary N) is 1. The quantitative estimate of drug-likeness (QED) is 0.515. The van der Waals surface area contributed by atoms with Crippen molar-refractivity contribution >= 4 is 0 Å². The van der Waals surface area contributed by atoms with E-state index in [1.165, 1.54) is 10.8 Å². The molecule has 0 aliphatic rings. The summed E-state index contributed by atoms with van der Waals surface area (Å²) in [5.41, 5.74) is -0.393. The molecule has 52 valence electrons. The fraction of sp³-hybridized carbons (Fsp3) is 0.167. The molecule has 0 saturated carbocycles. The number of nitrogens with zero attached hydrogens (tertiary/aromatic N) is 1. The zero-order valence-corrected chi connectivity index (χ0v) is 5.16. The molecule has 0 atom stereocenters. The van der Waals surface area contributed by atoms with Gasteiger partial charge in [0.05, 0.1) is 12.7 Å². The molecule has 1 rings (SSSR count). The molecule has 0 aliphatic carbocycles. The third kappa shape index (κ3) is 1.03. The topological polar surface area (TPSA) is 58.0 Å². The second kappa shape index (κ2) is 2.31. The standard InChI is InChI=1S/C6H6N2O2/c1-2-3-8-4-5(9)7-6(8)10/h1,4,9H,3H2,(H,7,10). The Kier molecular flexibility index (Phi) is 1.50. The van der Waals surface area contributed by atoms with Crippen molar-refractivity contribution in [3.8, 4) is 18.2 Å². The molecule has 1 aromatic rings. The summed E-state index contributed by atoms with van der Waals surface area (Å²) in [6, 6.07) is 0. The van der Waals surface area contributed by atoms with Crippen LogP contribution >= 0.6 is 0 Å². The maximum atomic E-state index is 10.7. The van der Waals surface area contributed by atoms with E-state index >= 15 is 0 Å². The van der Waals surface area contributed by atoms with Gasteiger partial charge in [0.1, 0.15) is 0 Å². The van der Waals surface area contributed by atoms with Gasteiger partial charge in [-0.1, -0.05) is 5.92 Å². The van der Waals surface area contributed by atoms with Crippen LogP contribution in [0.2, 0.25) is 0 Å². The molecule has 0 amide bonds. The molecule has 2 N–H and O–H groups in total. The molecule has 0 saturated heterocycles. The lowest BCUT2D eigenvalue weighted by Gasteiger charge is -1.86. The first-order valence-electron chi connectivity index (χ1n) is 2.66. The second-order valence-corrected chi connectivity index (χ2v) is 1.78. The number of terminal acetylenes is 1. The van der Waals surface area contributed by atoms with Crippen molar-refractivity contribution < 1.29 is 5.11 Å². The average molecular weight is 138 g/mol. The van der Waals surface area contributed by atoms with Crippen molar-refractivity contribution in [1.82, 2.24) is 9.55 Å². The van der Waals surface area contributed by atoms with Gasteiger partial charge in [-0.25, -0.2) is 4.79 Å². The maximum absolute atomic E-state index is 10.7. The molecule has 0 radical (unpaired) electrons. The molecule has 0 aromatic carbocycles. The van der Waals surface area contributed by atoms with Gasteiger partial charge in [0.2, 0.25) is 5.88 Å². The normalized spacial score (nSPS) is 9.10. The summed E-state index contributed by atoms with van der Waals surface area (Å²) in [6.45, 7) is 0.176. The summed E-state index contributed by atoms with van der Waals surface area (Å²) >= 11 is 0. The van der Waals surface area contributed by atoms with Crippen molar-refractivity contribution in [3.63, 3.8) is 0 Å². The summed E-state index contributed by atoms with van der Waals surface area (Å²) in [5.74, 6) is 2.10. The van der Waals surface area contributed by atoms with Gasteiger partial charge in [0, 0.05) is 0 Å². The van der Waals surface area contributed by atoms with Crippen molar-refractivity contribution in [2.24, 2.45) is 0 Å². The molecular weight excluding hydrogens is 132 g/mol. The number of aromatic hydroxyl groups is 1. The lowest BCUT2D eigenvalue weighted by atomic mass is 10.6. The minimum absolute atomic E-state index is 0.166. The summed E-state index contributed by atoms with van der Waals surface area (Å²) in [6.07, 6.45) is 6.19. The van der Waals surface area contributed by atoms with E-state index in [0.29, 0.717) is 0 Å². The first-order valence-corrected chi connectivity index (χ1v) is 2.66. The third-order valence-corrected chi connectivity index (χ3v) is 1.04. The van der Waals surface area contributed by atoms with Gasteiger partial charge < -0.3 is 5.11 Å². The Morgan fingerprint density at radius 1 is 1.90 bits per heavy atom. The van der Waals surface area contributed by atoms with E-state index in [9.17, 15) is 4.79 Å². The van der Waals surface area contributed by atoms with Gasteiger partial charge in [0.25, 0.3) is 0 Å². The summed E-state index contributed by atoms with van der Waals surface area (Å²) in [5, 5.41) is 8.72.